The first-order chi connectivity index (χ1) is 41.7. The van der Waals surface area contributed by atoms with Gasteiger partial charge in [0.15, 0.2) is 0 Å². The van der Waals surface area contributed by atoms with Crippen LogP contribution in [0, 0.1) is 45.7 Å². The maximum absolute atomic E-state index is 16.3. The maximum Gasteiger partial charge on any atom is 0.346 e. The Hall–Kier alpha value is -8.76. The van der Waals surface area contributed by atoms with E-state index in [1.54, 1.807) is 24.3 Å². The third-order valence-electron chi connectivity index (χ3n) is 15.6. The molecule has 0 radical (unpaired) electrons. The number of benzene rings is 4. The van der Waals surface area contributed by atoms with E-state index in [9.17, 15) is 18.4 Å². The average molecular weight is 1230 g/mol. The largest absolute Gasteiger partial charge is 0.473 e. The van der Waals surface area contributed by atoms with Crippen LogP contribution >= 0.6 is 23.2 Å². The van der Waals surface area contributed by atoms with Gasteiger partial charge in [-0.05, 0) is 83.9 Å². The number of fused-ring (bicyclic) bond motifs is 2. The number of rotatable bonds is 16. The molecule has 0 N–H and O–H groups in total. The van der Waals surface area contributed by atoms with Crippen LogP contribution in [0.2, 0.25) is 10.3 Å². The lowest BCUT2D eigenvalue weighted by atomic mass is 9.87. The molecule has 6 aromatic heterocycles. The van der Waals surface area contributed by atoms with E-state index >= 15 is 17.6 Å². The zero-order valence-corrected chi connectivity index (χ0v) is 48.3. The van der Waals surface area contributed by atoms with Gasteiger partial charge in [0.05, 0.1) is 83.1 Å². The van der Waals surface area contributed by atoms with Crippen LogP contribution in [0.1, 0.15) is 94.4 Å². The van der Waals surface area contributed by atoms with E-state index in [0.717, 1.165) is 36.4 Å². The summed E-state index contributed by atoms with van der Waals surface area (Å²) >= 11 is 11.5. The quantitative estimate of drug-likeness (QED) is 0.0388. The molecule has 444 valence electrons. The first-order valence-corrected chi connectivity index (χ1v) is 28.1. The fraction of sp³-hybridized carbons (Fsp3) is 0.250. The number of hydrogen-bond acceptors (Lipinski definition) is 13. The molecule has 2 aliphatic rings. The van der Waals surface area contributed by atoms with Crippen LogP contribution in [0.4, 0.5) is 26.3 Å². The normalized spacial score (nSPS) is 16.2. The molecule has 2 unspecified atom stereocenters. The predicted octanol–water partition coefficient (Wildman–Crippen LogP) is 14.0. The number of hydrogen-bond donors (Lipinski definition) is 0. The van der Waals surface area contributed by atoms with Crippen molar-refractivity contribution in [1.29, 1.82) is 0 Å². The average Bonchev–Trinajstić information content (AvgIpc) is 1.92. The van der Waals surface area contributed by atoms with Gasteiger partial charge in [-0.2, -0.15) is 0 Å². The molecule has 4 aromatic carbocycles. The Morgan fingerprint density at radius 3 is 1.33 bits per heavy atom. The number of esters is 2. The molecular weight excluding hydrogens is 1180 g/mol. The summed E-state index contributed by atoms with van der Waals surface area (Å²) in [4.78, 5) is 54.3. The fourth-order valence-electron chi connectivity index (χ4n) is 10.9. The van der Waals surface area contributed by atoms with Crippen LogP contribution < -0.4 is 9.47 Å². The van der Waals surface area contributed by atoms with Crippen molar-refractivity contribution in [3.63, 3.8) is 0 Å². The third kappa shape index (κ3) is 12.0. The number of pyridine rings is 4. The van der Waals surface area contributed by atoms with Crippen molar-refractivity contribution in [3.8, 4) is 34.3 Å². The van der Waals surface area contributed by atoms with Crippen LogP contribution in [0.15, 0.2) is 122 Å². The molecule has 2 atom stereocenters. The van der Waals surface area contributed by atoms with E-state index in [0.29, 0.717) is 46.9 Å². The number of halogens is 8. The highest BCUT2D eigenvalue weighted by Gasteiger charge is 2.41. The molecule has 0 amide bonds. The van der Waals surface area contributed by atoms with E-state index in [-0.39, 0.29) is 129 Å². The molecule has 8 heterocycles. The molecule has 12 rings (SSSR count). The van der Waals surface area contributed by atoms with Gasteiger partial charge in [-0.25, -0.2) is 65.8 Å². The van der Waals surface area contributed by atoms with E-state index in [1.165, 1.54) is 60.9 Å². The second-order valence-corrected chi connectivity index (χ2v) is 23.4. The first kappa shape index (κ1) is 58.6. The minimum Gasteiger partial charge on any atom is -0.473 e. The number of ether oxygens (including phenoxy) is 5. The minimum absolute atomic E-state index is 0.00510. The molecule has 15 nitrogen and oxygen atoms in total. The van der Waals surface area contributed by atoms with Crippen LogP contribution in [0.3, 0.4) is 0 Å². The second kappa shape index (κ2) is 23.5. The van der Waals surface area contributed by atoms with Gasteiger partial charge >= 0.3 is 11.9 Å². The standard InChI is InChI=1S/C64H50Cl2F6N8O7/c1-63(2)31-83-29-53(63)79-51-17-33(11-13-49(51)75-57(79)19-35-15-45(71)39(21-41(35)67)47-7-5-9-59(77-47)85-27-37-25-73-55(65)23-43(37)69)61(81)87-62(82)34-12-14-50-52(18-34)80(54-30-84-32-64(54,3)4)58(76-50)20-36-16-46(72)40(22-42(36)68)48-8-6-10-60(78-48)86-28-38-26-74-56(66)24-44(38)70/h5-18,21-26,53-54H,19-20,27-32H2,1-4H3. The highest BCUT2D eigenvalue weighted by molar-refractivity contribution is 6.29. The van der Waals surface area contributed by atoms with Crippen molar-refractivity contribution >= 4 is 57.2 Å². The van der Waals surface area contributed by atoms with E-state index in [2.05, 4.69) is 19.9 Å². The van der Waals surface area contributed by atoms with Gasteiger partial charge in [0.25, 0.3) is 0 Å². The fourth-order valence-corrected chi connectivity index (χ4v) is 11.2. The summed E-state index contributed by atoms with van der Waals surface area (Å²) < 4.78 is 126. The number of nitrogens with zero attached hydrogens (tertiary/aromatic N) is 8. The number of carbonyl (C=O) groups is 2. The number of imidazole rings is 2. The third-order valence-corrected chi connectivity index (χ3v) is 16.0. The summed E-state index contributed by atoms with van der Waals surface area (Å²) in [6, 6.07) is 23.7. The summed E-state index contributed by atoms with van der Waals surface area (Å²) in [5.41, 5.74) is 0.784. The Kier molecular flexibility index (Phi) is 15.8. The van der Waals surface area contributed by atoms with Gasteiger partial charge in [-0.15, -0.1) is 0 Å². The van der Waals surface area contributed by atoms with Crippen LogP contribution in [0.25, 0.3) is 44.6 Å². The second-order valence-electron chi connectivity index (χ2n) is 22.6. The van der Waals surface area contributed by atoms with Gasteiger partial charge in [0, 0.05) is 82.6 Å². The van der Waals surface area contributed by atoms with Crippen LogP contribution in [0.5, 0.6) is 11.8 Å². The van der Waals surface area contributed by atoms with E-state index in [1.807, 2.05) is 36.8 Å². The lowest BCUT2D eigenvalue weighted by Gasteiger charge is -2.28. The minimum atomic E-state index is -0.986. The monoisotopic (exact) mass is 1230 g/mol. The maximum atomic E-state index is 16.3. The molecule has 23 heteroatoms. The molecule has 10 aromatic rings. The molecule has 0 bridgehead atoms. The number of aromatic nitrogens is 8. The summed E-state index contributed by atoms with van der Waals surface area (Å²) in [6.45, 7) is 8.69. The lowest BCUT2D eigenvalue weighted by molar-refractivity contribution is 0.0397. The van der Waals surface area contributed by atoms with Crippen LogP contribution in [-0.2, 0) is 40.3 Å². The Morgan fingerprint density at radius 1 is 0.529 bits per heavy atom. The van der Waals surface area contributed by atoms with Crippen molar-refractivity contribution < 1.29 is 59.6 Å². The van der Waals surface area contributed by atoms with Crippen molar-refractivity contribution in [2.24, 2.45) is 10.8 Å². The van der Waals surface area contributed by atoms with Gasteiger partial charge < -0.3 is 32.8 Å². The van der Waals surface area contributed by atoms with Crippen LogP contribution in [-0.4, -0.2) is 77.4 Å². The van der Waals surface area contributed by atoms with Gasteiger partial charge in [0.2, 0.25) is 11.8 Å². The Balaban J connectivity index is 0.792. The van der Waals surface area contributed by atoms with Crippen molar-refractivity contribution in [3.05, 3.63) is 212 Å². The smallest absolute Gasteiger partial charge is 0.346 e. The van der Waals surface area contributed by atoms with Crippen molar-refractivity contribution in [1.82, 2.24) is 39.0 Å². The zero-order valence-electron chi connectivity index (χ0n) is 46.8. The van der Waals surface area contributed by atoms with Crippen molar-refractivity contribution in [2.75, 3.05) is 26.4 Å². The van der Waals surface area contributed by atoms with E-state index in [4.69, 9.17) is 56.9 Å². The molecule has 2 aliphatic heterocycles. The highest BCUT2D eigenvalue weighted by atomic mass is 35.5. The molecule has 2 saturated heterocycles. The summed E-state index contributed by atoms with van der Waals surface area (Å²) in [5.74, 6) is -5.54. The molecule has 0 spiro atoms. The highest BCUT2D eigenvalue weighted by Crippen LogP contribution is 2.43. The SMILES string of the molecule is CC1(C)COCC1n1c(Cc2cc(F)c(-c3cccc(OCc4cnc(Cl)cc4F)n3)cc2F)nc2ccc(C(=O)OC(=O)c3ccc4nc(Cc5cc(F)c(-c6cccc(OCc7cnc(Cl)cc7F)n6)cc5F)n(C5COCC5(C)C)c4c3)cc21. The van der Waals surface area contributed by atoms with E-state index < -0.39 is 57.7 Å². The summed E-state index contributed by atoms with van der Waals surface area (Å²) in [6.07, 6.45) is 2.10. The van der Waals surface area contributed by atoms with Crippen molar-refractivity contribution in [2.45, 2.75) is 65.8 Å². The molecular formula is C64H50Cl2F6N8O7. The zero-order chi connectivity index (χ0) is 61.1. The van der Waals surface area contributed by atoms with Gasteiger partial charge in [0.1, 0.15) is 70.1 Å². The number of carbonyl (C=O) groups excluding carboxylic acids is 2. The molecule has 0 saturated carbocycles. The molecule has 2 fully saturated rings. The van der Waals surface area contributed by atoms with Gasteiger partial charge in [-0.1, -0.05) is 63.0 Å². The Morgan fingerprint density at radius 2 is 0.943 bits per heavy atom. The Bertz CT molecular complexity index is 4120. The first-order valence-electron chi connectivity index (χ1n) is 27.4. The summed E-state index contributed by atoms with van der Waals surface area (Å²) in [5, 5.41) is -0.0510. The molecule has 87 heavy (non-hydrogen) atoms. The Labute approximate surface area is 502 Å². The summed E-state index contributed by atoms with van der Waals surface area (Å²) in [7, 11) is 0. The van der Waals surface area contributed by atoms with Gasteiger partial charge in [-0.3, -0.25) is 0 Å². The lowest BCUT2D eigenvalue weighted by Crippen LogP contribution is -2.27. The topological polar surface area (TPSA) is 167 Å². The molecule has 0 aliphatic carbocycles. The predicted molar refractivity (Wildman–Crippen MR) is 308 cm³/mol.